The van der Waals surface area contributed by atoms with Gasteiger partial charge in [0, 0.05) is 144 Å². The van der Waals surface area contributed by atoms with Gasteiger partial charge < -0.3 is 34.9 Å². The van der Waals surface area contributed by atoms with E-state index in [1.165, 1.54) is 44.3 Å². The summed E-state index contributed by atoms with van der Waals surface area (Å²) < 4.78 is 0. The molecule has 0 N–H and O–H groups in total. The Kier molecular flexibility index (Phi) is 43.1. The second-order valence-electron chi connectivity index (χ2n) is 27.4. The Labute approximate surface area is 824 Å². The van der Waals surface area contributed by atoms with Crippen LogP contribution < -0.4 is 0 Å². The summed E-state index contributed by atoms with van der Waals surface area (Å²) in [7, 11) is 0. The number of benzene rings is 13. The van der Waals surface area contributed by atoms with Crippen LogP contribution in [0.4, 0.5) is 0 Å². The Morgan fingerprint density at radius 2 is 0.419 bits per heavy atom. The van der Waals surface area contributed by atoms with E-state index in [0.29, 0.717) is 0 Å². The molecule has 0 bridgehead atoms. The zero-order valence-corrected chi connectivity index (χ0v) is 81.6. The minimum Gasteiger partial charge on any atom is -0.305 e. The van der Waals surface area contributed by atoms with E-state index >= 15 is 0 Å². The van der Waals surface area contributed by atoms with Gasteiger partial charge >= 0.3 is 0 Å². The van der Waals surface area contributed by atoms with Gasteiger partial charge in [0.15, 0.2) is 0 Å². The van der Waals surface area contributed by atoms with Gasteiger partial charge in [-0.2, -0.15) is 0 Å². The molecule has 0 saturated carbocycles. The standard InChI is InChI=1S/4C17H12N.C15H10N.3C11H8N.5Ir/c2*1-3-7-14(8-4-1)16-11-12-18-17(13-16)15-9-5-2-6-10-15;1-3-7-14(8-4-1)16-11-12-17(18-13-16)15-9-5-2-6-10-15;1-2-7-14(8-3-1)15-9-6-10-16(13-15)17-11-4-5-12-18-17;1-2-6-12(7-3-1)15-11-10-13-8-4-5-9-14(13)16-15;3*1-2-6-10(7-3-1)11-8-4-5-9-12-11;;;;;/h4*1-9,11-13H;1-6,8-11H;3*1-6,8-9H;;;;;/q8*-1;;;;;. The fraction of sp³-hybridized carbons (Fsp3) is 0. The third-order valence-electron chi connectivity index (χ3n) is 18.9. The molecule has 8 nitrogen and oxygen atoms in total. The molecule has 0 amide bonds. The van der Waals surface area contributed by atoms with Crippen LogP contribution in [0.5, 0.6) is 0 Å². The van der Waals surface area contributed by atoms with Gasteiger partial charge in [0.05, 0.1) is 5.52 Å². The van der Waals surface area contributed by atoms with E-state index in [4.69, 9.17) is 0 Å². The summed E-state index contributed by atoms with van der Waals surface area (Å²) in [6.45, 7) is 0. The average Bonchev–Trinajstić information content (AvgIpc) is 0.835. The van der Waals surface area contributed by atoms with Gasteiger partial charge in [0.1, 0.15) is 0 Å². The summed E-state index contributed by atoms with van der Waals surface area (Å²) in [4.78, 5) is 34.9. The van der Waals surface area contributed by atoms with E-state index in [0.717, 1.165) is 101 Å². The zero-order valence-electron chi connectivity index (χ0n) is 69.6. The molecule has 0 aliphatic rings. The molecular formula is C116H82Ir5N8-8. The van der Waals surface area contributed by atoms with Gasteiger partial charge in [0.2, 0.25) is 0 Å². The molecule has 5 radical (unpaired) electrons. The third-order valence-corrected chi connectivity index (χ3v) is 18.9. The summed E-state index contributed by atoms with van der Waals surface area (Å²) in [6, 6.07) is 176. The fourth-order valence-electron chi connectivity index (χ4n) is 12.7. The Balaban J connectivity index is 0.000000166. The van der Waals surface area contributed by atoms with Crippen molar-refractivity contribution in [3.05, 3.63) is 547 Å². The van der Waals surface area contributed by atoms with Crippen LogP contribution >= 0.6 is 0 Å². The smallest absolute Gasteiger partial charge is 0.0595 e. The predicted molar refractivity (Wildman–Crippen MR) is 507 cm³/mol. The summed E-state index contributed by atoms with van der Waals surface area (Å²) in [5, 5.41) is 1.17. The average molecular weight is 2550 g/mol. The number of hydrogen-bond acceptors (Lipinski definition) is 8. The number of pyridine rings is 8. The van der Waals surface area contributed by atoms with E-state index in [1.54, 1.807) is 24.8 Å². The van der Waals surface area contributed by atoms with E-state index in [2.05, 4.69) is 179 Å². The van der Waals surface area contributed by atoms with E-state index in [-0.39, 0.29) is 101 Å². The normalized spacial score (nSPS) is 9.71. The first-order chi connectivity index (χ1) is 61.6. The quantitative estimate of drug-likeness (QED) is 0.111. The predicted octanol–water partition coefficient (Wildman–Crippen LogP) is 28.2. The summed E-state index contributed by atoms with van der Waals surface area (Å²) in [6.07, 6.45) is 12.8. The largest absolute Gasteiger partial charge is 0.305 e. The molecule has 13 aromatic carbocycles. The van der Waals surface area contributed by atoms with E-state index in [9.17, 15) is 0 Å². The number of rotatable bonds is 12. The molecule has 0 fully saturated rings. The first kappa shape index (κ1) is 99.3. The Bertz CT molecular complexity index is 5790. The molecular weight excluding hydrogens is 2470 g/mol. The van der Waals surface area contributed by atoms with Crippen LogP contribution in [0.3, 0.4) is 0 Å². The SMILES string of the molecule is [Ir].[Ir].[Ir].[Ir].[Ir].[c-]1ccc(-c2ccccc2)cc1-c1ccccn1.[c-]1ccccc1-c1cc(-c2ccccc2)ccn1.[c-]1ccccc1-c1cc(-c2ccccc2)ccn1.[c-]1ccccc1-c1ccc(-c2ccccc2)cn1.[c-]1ccccc1-c1ccc2ccccc2n1.[c-]1ccccc1-c1ccccn1.[c-]1ccccc1-c1ccccn1.[c-]1ccccc1-c1ccccn1. The van der Waals surface area contributed by atoms with E-state index < -0.39 is 0 Å². The number of hydrogen-bond donors (Lipinski definition) is 0. The third kappa shape index (κ3) is 31.5. The van der Waals surface area contributed by atoms with Crippen molar-refractivity contribution in [2.75, 3.05) is 0 Å². The molecule has 0 unspecified atom stereocenters. The Hall–Kier alpha value is -13.4. The minimum absolute atomic E-state index is 0. The van der Waals surface area contributed by atoms with Gasteiger partial charge in [-0.05, 0) is 132 Å². The molecule has 21 aromatic rings. The maximum atomic E-state index is 4.61. The molecule has 8 heterocycles. The Morgan fingerprint density at radius 3 is 0.744 bits per heavy atom. The van der Waals surface area contributed by atoms with Crippen molar-refractivity contribution in [3.8, 4) is 135 Å². The van der Waals surface area contributed by atoms with Crippen LogP contribution in [0.25, 0.3) is 145 Å². The second kappa shape index (κ2) is 55.9. The van der Waals surface area contributed by atoms with Gasteiger partial charge in [0.25, 0.3) is 0 Å². The van der Waals surface area contributed by atoms with Crippen LogP contribution in [0.15, 0.2) is 498 Å². The van der Waals surface area contributed by atoms with Crippen molar-refractivity contribution in [2.24, 2.45) is 0 Å². The molecule has 0 atom stereocenters. The first-order valence-corrected chi connectivity index (χ1v) is 40.5. The molecule has 8 aromatic heterocycles. The van der Waals surface area contributed by atoms with Crippen LogP contribution in [0.1, 0.15) is 0 Å². The molecule has 0 aliphatic heterocycles. The zero-order chi connectivity index (χ0) is 84.3. The number of aromatic nitrogens is 8. The number of nitrogens with zero attached hydrogens (tertiary/aromatic N) is 8. The summed E-state index contributed by atoms with van der Waals surface area (Å²) in [5.41, 5.74) is 26.5. The molecule has 21 rings (SSSR count). The van der Waals surface area contributed by atoms with Gasteiger partial charge in [-0.25, -0.2) is 0 Å². The maximum Gasteiger partial charge on any atom is 0.0595 e. The van der Waals surface area contributed by atoms with Crippen molar-refractivity contribution in [1.29, 1.82) is 0 Å². The summed E-state index contributed by atoms with van der Waals surface area (Å²) in [5.74, 6) is 0. The van der Waals surface area contributed by atoms with Crippen molar-refractivity contribution in [3.63, 3.8) is 0 Å². The van der Waals surface area contributed by atoms with Crippen molar-refractivity contribution < 1.29 is 101 Å². The number of fused-ring (bicyclic) bond motifs is 1. The van der Waals surface area contributed by atoms with Gasteiger partial charge in [-0.15, -0.1) is 287 Å². The van der Waals surface area contributed by atoms with Crippen LogP contribution in [0.2, 0.25) is 0 Å². The summed E-state index contributed by atoms with van der Waals surface area (Å²) >= 11 is 0. The first-order valence-electron chi connectivity index (χ1n) is 40.5. The van der Waals surface area contributed by atoms with Gasteiger partial charge in [-0.1, -0.05) is 224 Å². The van der Waals surface area contributed by atoms with Crippen LogP contribution in [-0.2, 0) is 101 Å². The molecule has 639 valence electrons. The Morgan fingerprint density at radius 1 is 0.147 bits per heavy atom. The molecule has 0 aliphatic carbocycles. The van der Waals surface area contributed by atoms with Crippen LogP contribution in [-0.4, -0.2) is 39.9 Å². The maximum absolute atomic E-state index is 4.61. The second-order valence-corrected chi connectivity index (χ2v) is 27.4. The van der Waals surface area contributed by atoms with Crippen molar-refractivity contribution in [2.45, 2.75) is 0 Å². The number of para-hydroxylation sites is 1. The van der Waals surface area contributed by atoms with Crippen molar-refractivity contribution in [1.82, 2.24) is 39.9 Å². The van der Waals surface area contributed by atoms with E-state index in [1.807, 2.05) is 383 Å². The topological polar surface area (TPSA) is 103 Å². The minimum atomic E-state index is 0. The fourth-order valence-corrected chi connectivity index (χ4v) is 12.7. The molecule has 13 heteroatoms. The molecule has 0 spiro atoms. The molecule has 129 heavy (non-hydrogen) atoms. The van der Waals surface area contributed by atoms with Crippen LogP contribution in [0, 0.1) is 48.5 Å². The molecule has 0 saturated heterocycles. The van der Waals surface area contributed by atoms with Crippen molar-refractivity contribution >= 4 is 10.9 Å². The monoisotopic (exact) mass is 2550 g/mol. The van der Waals surface area contributed by atoms with Gasteiger partial charge in [-0.3, -0.25) is 4.98 Å².